The molecule has 144 valence electrons. The molecule has 1 fully saturated rings. The van der Waals surface area contributed by atoms with Crippen LogP contribution in [0, 0.1) is 11.7 Å². The summed E-state index contributed by atoms with van der Waals surface area (Å²) in [4.78, 5) is 13.9. The van der Waals surface area contributed by atoms with Crippen molar-refractivity contribution in [2.24, 2.45) is 11.7 Å². The van der Waals surface area contributed by atoms with Crippen molar-refractivity contribution < 1.29 is 18.0 Å². The molecule has 1 aromatic carbocycles. The molecule has 0 atom stereocenters. The molecule has 0 spiro atoms. The molecule has 0 saturated heterocycles. The number of hydrogen-bond acceptors (Lipinski definition) is 3. The summed E-state index contributed by atoms with van der Waals surface area (Å²) in [6.07, 6.45) is 9.41. The minimum absolute atomic E-state index is 0.157. The third-order valence-electron chi connectivity index (χ3n) is 5.47. The van der Waals surface area contributed by atoms with Gasteiger partial charge in [-0.15, -0.1) is 0 Å². The lowest BCUT2D eigenvalue weighted by Gasteiger charge is -2.23. The molecular formula is C20H17F3N4O. The van der Waals surface area contributed by atoms with Crippen LogP contribution in [0.25, 0.3) is 11.3 Å². The highest BCUT2D eigenvalue weighted by molar-refractivity contribution is 5.98. The van der Waals surface area contributed by atoms with Crippen LogP contribution < -0.4 is 5.73 Å². The van der Waals surface area contributed by atoms with Crippen molar-refractivity contribution in [1.82, 2.24) is 14.7 Å². The standard InChI is InChI=1S/C20H17F3N4O/c21-13-7-14(19(24)28)17-16(8-13)20(22,23)18-15(9-25-27(17)18)12-3-5-26(6-4-12)10-11-1-2-11/h3-5,7-9,11H,1-2,6,10H2,(H2,24,28). The monoisotopic (exact) mass is 386 g/mol. The SMILES string of the molecule is NC(=O)c1cc(F)cc2c1-n1ncc(C3=CCN(CC4CC4)C=C3)c1C2(F)F. The first kappa shape index (κ1) is 17.1. The van der Waals surface area contributed by atoms with Gasteiger partial charge in [0.25, 0.3) is 5.91 Å². The van der Waals surface area contributed by atoms with Crippen LogP contribution in [0.15, 0.2) is 36.7 Å². The fourth-order valence-electron chi connectivity index (χ4n) is 3.91. The minimum atomic E-state index is -3.49. The predicted octanol–water partition coefficient (Wildman–Crippen LogP) is 3.19. The third kappa shape index (κ3) is 2.47. The molecule has 28 heavy (non-hydrogen) atoms. The van der Waals surface area contributed by atoms with E-state index >= 15 is 8.78 Å². The number of halogens is 3. The highest BCUT2D eigenvalue weighted by Crippen LogP contribution is 2.49. The number of rotatable bonds is 4. The first-order valence-corrected chi connectivity index (χ1v) is 9.09. The summed E-state index contributed by atoms with van der Waals surface area (Å²) >= 11 is 0. The number of amides is 1. The molecule has 1 saturated carbocycles. The van der Waals surface area contributed by atoms with E-state index in [9.17, 15) is 9.18 Å². The second-order valence-corrected chi connectivity index (χ2v) is 7.48. The second-order valence-electron chi connectivity index (χ2n) is 7.48. The molecule has 2 aliphatic heterocycles. The van der Waals surface area contributed by atoms with Gasteiger partial charge in [0, 0.05) is 18.7 Å². The maximum atomic E-state index is 15.2. The van der Waals surface area contributed by atoms with E-state index in [2.05, 4.69) is 10.00 Å². The van der Waals surface area contributed by atoms with E-state index in [1.165, 1.54) is 19.0 Å². The molecule has 0 radical (unpaired) electrons. The van der Waals surface area contributed by atoms with E-state index in [0.29, 0.717) is 12.1 Å². The number of carbonyl (C=O) groups is 1. The summed E-state index contributed by atoms with van der Waals surface area (Å²) < 4.78 is 45.3. The van der Waals surface area contributed by atoms with Gasteiger partial charge in [-0.3, -0.25) is 4.79 Å². The average molecular weight is 386 g/mol. The molecule has 5 rings (SSSR count). The summed E-state index contributed by atoms with van der Waals surface area (Å²) in [6, 6.07) is 1.60. The molecule has 3 aliphatic rings. The number of hydrogen-bond donors (Lipinski definition) is 1. The number of primary amides is 1. The first-order chi connectivity index (χ1) is 13.4. The van der Waals surface area contributed by atoms with Crippen LogP contribution in [0.3, 0.4) is 0 Å². The molecule has 0 unspecified atom stereocenters. The Balaban J connectivity index is 1.58. The van der Waals surface area contributed by atoms with Gasteiger partial charge in [0.05, 0.1) is 23.0 Å². The Morgan fingerprint density at radius 1 is 1.32 bits per heavy atom. The smallest absolute Gasteiger partial charge is 0.317 e. The zero-order chi connectivity index (χ0) is 19.6. The van der Waals surface area contributed by atoms with E-state index in [0.717, 1.165) is 29.3 Å². The van der Waals surface area contributed by atoms with Crippen molar-refractivity contribution in [2.75, 3.05) is 13.1 Å². The largest absolute Gasteiger partial charge is 0.373 e. The van der Waals surface area contributed by atoms with Crippen molar-refractivity contribution in [1.29, 1.82) is 0 Å². The van der Waals surface area contributed by atoms with Crippen LogP contribution in [0.5, 0.6) is 0 Å². The van der Waals surface area contributed by atoms with Crippen LogP contribution in [-0.2, 0) is 5.92 Å². The Hall–Kier alpha value is -3.03. The van der Waals surface area contributed by atoms with E-state index in [-0.39, 0.29) is 22.5 Å². The number of benzene rings is 1. The third-order valence-corrected chi connectivity index (χ3v) is 5.47. The predicted molar refractivity (Wildman–Crippen MR) is 96.4 cm³/mol. The molecule has 1 aliphatic carbocycles. The van der Waals surface area contributed by atoms with Gasteiger partial charge in [0.2, 0.25) is 0 Å². The summed E-state index contributed by atoms with van der Waals surface area (Å²) in [5, 5.41) is 4.08. The van der Waals surface area contributed by atoms with Crippen molar-refractivity contribution in [3.05, 3.63) is 64.9 Å². The van der Waals surface area contributed by atoms with E-state index < -0.39 is 23.2 Å². The van der Waals surface area contributed by atoms with Crippen molar-refractivity contribution in [3.8, 4) is 5.69 Å². The maximum absolute atomic E-state index is 15.2. The lowest BCUT2D eigenvalue weighted by atomic mass is 9.97. The molecule has 5 nitrogen and oxygen atoms in total. The quantitative estimate of drug-likeness (QED) is 0.878. The Morgan fingerprint density at radius 2 is 2.11 bits per heavy atom. The summed E-state index contributed by atoms with van der Waals surface area (Å²) in [6.45, 7) is 1.60. The number of nitrogens with two attached hydrogens (primary N) is 1. The van der Waals surface area contributed by atoms with Crippen molar-refractivity contribution in [3.63, 3.8) is 0 Å². The summed E-state index contributed by atoms with van der Waals surface area (Å²) in [5.74, 6) is -4.69. The van der Waals surface area contributed by atoms with Gasteiger partial charge < -0.3 is 10.6 Å². The topological polar surface area (TPSA) is 64.2 Å². The molecule has 2 N–H and O–H groups in total. The van der Waals surface area contributed by atoms with Crippen LogP contribution in [0.4, 0.5) is 13.2 Å². The molecule has 3 heterocycles. The van der Waals surface area contributed by atoms with Gasteiger partial charge in [-0.25, -0.2) is 9.07 Å². The average Bonchev–Trinajstić information content (AvgIpc) is 3.30. The number of aromatic nitrogens is 2. The maximum Gasteiger partial charge on any atom is 0.317 e. The Morgan fingerprint density at radius 3 is 2.75 bits per heavy atom. The van der Waals surface area contributed by atoms with Crippen LogP contribution in [0.1, 0.15) is 40.0 Å². The second kappa shape index (κ2) is 5.73. The number of carbonyl (C=O) groups excluding carboxylic acids is 1. The van der Waals surface area contributed by atoms with E-state index in [1.807, 2.05) is 12.3 Å². The Bertz CT molecular complexity index is 1070. The van der Waals surface area contributed by atoms with E-state index in [4.69, 9.17) is 5.73 Å². The van der Waals surface area contributed by atoms with Crippen molar-refractivity contribution in [2.45, 2.75) is 18.8 Å². The molecule has 8 heteroatoms. The number of alkyl halides is 2. The van der Waals surface area contributed by atoms with Gasteiger partial charge >= 0.3 is 5.92 Å². The Labute approximate surface area is 158 Å². The lowest BCUT2D eigenvalue weighted by molar-refractivity contribution is 0.0435. The van der Waals surface area contributed by atoms with Gasteiger partial charge in [0.15, 0.2) is 0 Å². The zero-order valence-corrected chi connectivity index (χ0v) is 14.8. The Kier molecular flexibility index (Phi) is 3.50. The summed E-state index contributed by atoms with van der Waals surface area (Å²) in [5.41, 5.74) is 4.74. The number of allylic oxidation sites excluding steroid dienone is 2. The van der Waals surface area contributed by atoms with Crippen LogP contribution in [0.2, 0.25) is 0 Å². The lowest BCUT2D eigenvalue weighted by Crippen LogP contribution is -2.22. The first-order valence-electron chi connectivity index (χ1n) is 9.09. The van der Waals surface area contributed by atoms with Gasteiger partial charge in [-0.2, -0.15) is 13.9 Å². The molecular weight excluding hydrogens is 369 g/mol. The number of nitrogens with zero attached hydrogens (tertiary/aromatic N) is 3. The van der Waals surface area contributed by atoms with Gasteiger partial charge in [-0.1, -0.05) is 6.08 Å². The fraction of sp³-hybridized carbons (Fsp3) is 0.300. The van der Waals surface area contributed by atoms with Crippen LogP contribution in [-0.4, -0.2) is 33.7 Å². The fourth-order valence-corrected chi connectivity index (χ4v) is 3.91. The van der Waals surface area contributed by atoms with Crippen LogP contribution >= 0.6 is 0 Å². The molecule has 0 bridgehead atoms. The molecule has 2 aromatic rings. The van der Waals surface area contributed by atoms with Gasteiger partial charge in [-0.05, 0) is 48.7 Å². The molecule has 1 aromatic heterocycles. The minimum Gasteiger partial charge on any atom is -0.373 e. The number of fused-ring (bicyclic) bond motifs is 3. The van der Waals surface area contributed by atoms with E-state index in [1.54, 1.807) is 6.08 Å². The highest BCUT2D eigenvalue weighted by Gasteiger charge is 2.50. The summed E-state index contributed by atoms with van der Waals surface area (Å²) in [7, 11) is 0. The normalized spacial score (nSPS) is 19.4. The van der Waals surface area contributed by atoms with Crippen molar-refractivity contribution >= 4 is 11.5 Å². The zero-order valence-electron chi connectivity index (χ0n) is 14.8. The highest BCUT2D eigenvalue weighted by atomic mass is 19.3. The van der Waals surface area contributed by atoms with Gasteiger partial charge in [0.1, 0.15) is 11.5 Å². The molecule has 1 amide bonds.